The number of carbonyl (C=O) groups is 1. The molecule has 1 aromatic carbocycles. The van der Waals surface area contributed by atoms with Crippen LogP contribution in [0.3, 0.4) is 0 Å². The summed E-state index contributed by atoms with van der Waals surface area (Å²) in [5, 5.41) is 2.96. The van der Waals surface area contributed by atoms with Crippen LogP contribution in [0.4, 0.5) is 5.69 Å². The number of rotatable bonds is 4. The molecule has 1 aliphatic rings. The summed E-state index contributed by atoms with van der Waals surface area (Å²) in [6, 6.07) is 7.60. The average Bonchev–Trinajstić information content (AvgIpc) is 2.91. The summed E-state index contributed by atoms with van der Waals surface area (Å²) in [6.45, 7) is 0.426. The molecule has 5 N–H and O–H groups in total. The van der Waals surface area contributed by atoms with Crippen LogP contribution in [0, 0.1) is 5.92 Å². The van der Waals surface area contributed by atoms with E-state index >= 15 is 0 Å². The quantitative estimate of drug-likeness (QED) is 0.567. The maximum atomic E-state index is 12.0. The third-order valence-corrected chi connectivity index (χ3v) is 3.36. The third-order valence-electron chi connectivity index (χ3n) is 3.36. The number of anilines is 1. The van der Waals surface area contributed by atoms with Crippen molar-refractivity contribution in [3.05, 3.63) is 29.8 Å². The fraction of sp³-hybridized carbons (Fsp3) is 0.429. The number of hydrogen-bond donors (Lipinski definition) is 3. The normalized spacial score (nSPS) is 15.2. The zero-order chi connectivity index (χ0) is 13.7. The number of aliphatic imine (C=N–C) groups is 1. The Labute approximate surface area is 113 Å². The largest absolute Gasteiger partial charge is 0.370 e. The van der Waals surface area contributed by atoms with Crippen molar-refractivity contribution in [1.29, 1.82) is 0 Å². The minimum absolute atomic E-state index is 0.0698. The molecule has 0 spiro atoms. The molecule has 0 radical (unpaired) electrons. The molecule has 0 aromatic heterocycles. The van der Waals surface area contributed by atoms with Crippen LogP contribution in [-0.4, -0.2) is 11.9 Å². The molecule has 0 atom stereocenters. The molecule has 19 heavy (non-hydrogen) atoms. The van der Waals surface area contributed by atoms with Gasteiger partial charge in [0, 0.05) is 11.6 Å². The van der Waals surface area contributed by atoms with Crippen LogP contribution in [0.25, 0.3) is 0 Å². The third kappa shape index (κ3) is 3.98. The average molecular weight is 260 g/mol. The van der Waals surface area contributed by atoms with E-state index in [9.17, 15) is 4.79 Å². The highest BCUT2D eigenvalue weighted by molar-refractivity contribution is 5.92. The van der Waals surface area contributed by atoms with E-state index in [1.807, 2.05) is 24.3 Å². The van der Waals surface area contributed by atoms with Gasteiger partial charge in [0.25, 0.3) is 0 Å². The Hall–Kier alpha value is -2.04. The van der Waals surface area contributed by atoms with Gasteiger partial charge < -0.3 is 16.8 Å². The van der Waals surface area contributed by atoms with Gasteiger partial charge in [-0.3, -0.25) is 4.79 Å². The molecule has 1 aliphatic carbocycles. The predicted molar refractivity (Wildman–Crippen MR) is 76.5 cm³/mol. The highest BCUT2D eigenvalue weighted by Crippen LogP contribution is 2.26. The summed E-state index contributed by atoms with van der Waals surface area (Å²) in [5.74, 6) is 0.359. The second-order valence-electron chi connectivity index (χ2n) is 4.91. The zero-order valence-corrected chi connectivity index (χ0v) is 10.9. The van der Waals surface area contributed by atoms with Gasteiger partial charge >= 0.3 is 0 Å². The molecule has 0 heterocycles. The fourth-order valence-corrected chi connectivity index (χ4v) is 2.36. The van der Waals surface area contributed by atoms with Crippen LogP contribution in [-0.2, 0) is 11.3 Å². The second-order valence-corrected chi connectivity index (χ2v) is 4.91. The van der Waals surface area contributed by atoms with Gasteiger partial charge in [0.05, 0.1) is 6.54 Å². The summed E-state index contributed by atoms with van der Waals surface area (Å²) < 4.78 is 0. The van der Waals surface area contributed by atoms with E-state index in [4.69, 9.17) is 11.5 Å². The summed E-state index contributed by atoms with van der Waals surface area (Å²) >= 11 is 0. The lowest BCUT2D eigenvalue weighted by Crippen LogP contribution is -2.22. The molecule has 102 valence electrons. The van der Waals surface area contributed by atoms with Crippen molar-refractivity contribution in [2.24, 2.45) is 22.4 Å². The molecular weight excluding hydrogens is 240 g/mol. The molecule has 1 saturated carbocycles. The number of guanidine groups is 1. The van der Waals surface area contributed by atoms with Gasteiger partial charge in [-0.05, 0) is 30.5 Å². The molecule has 0 unspecified atom stereocenters. The van der Waals surface area contributed by atoms with Gasteiger partial charge in [0.15, 0.2) is 5.96 Å². The predicted octanol–water partition coefficient (Wildman–Crippen LogP) is 1.59. The van der Waals surface area contributed by atoms with E-state index in [1.165, 1.54) is 0 Å². The Balaban J connectivity index is 1.98. The monoisotopic (exact) mass is 260 g/mol. The lowest BCUT2D eigenvalue weighted by Gasteiger charge is -2.11. The molecule has 5 heteroatoms. The summed E-state index contributed by atoms with van der Waals surface area (Å²) in [4.78, 5) is 16.0. The molecule has 0 aliphatic heterocycles. The number of nitrogens with two attached hydrogens (primary N) is 2. The minimum Gasteiger partial charge on any atom is -0.370 e. The summed E-state index contributed by atoms with van der Waals surface area (Å²) in [7, 11) is 0. The summed E-state index contributed by atoms with van der Waals surface area (Å²) in [6.07, 6.45) is 4.31. The Kier molecular flexibility index (Phi) is 4.39. The van der Waals surface area contributed by atoms with E-state index in [-0.39, 0.29) is 17.8 Å². The van der Waals surface area contributed by atoms with Crippen molar-refractivity contribution in [2.45, 2.75) is 32.2 Å². The van der Waals surface area contributed by atoms with Crippen molar-refractivity contribution in [3.63, 3.8) is 0 Å². The van der Waals surface area contributed by atoms with E-state index in [0.29, 0.717) is 6.54 Å². The molecule has 1 aromatic rings. The van der Waals surface area contributed by atoms with Gasteiger partial charge in [-0.15, -0.1) is 0 Å². The molecule has 2 rings (SSSR count). The topological polar surface area (TPSA) is 93.5 Å². The standard InChI is InChI=1S/C14H20N4O/c15-14(16)17-9-10-4-3-7-12(8-10)18-13(19)11-5-1-2-6-11/h3-4,7-8,11H,1-2,5-6,9H2,(H,18,19)(H4,15,16,17). The van der Waals surface area contributed by atoms with Crippen LogP contribution < -0.4 is 16.8 Å². The molecule has 1 amide bonds. The van der Waals surface area contributed by atoms with E-state index in [2.05, 4.69) is 10.3 Å². The lowest BCUT2D eigenvalue weighted by atomic mass is 10.1. The maximum absolute atomic E-state index is 12.0. The first-order chi connectivity index (χ1) is 9.15. The molecule has 1 fully saturated rings. The Morgan fingerprint density at radius 1 is 1.32 bits per heavy atom. The Morgan fingerprint density at radius 2 is 2.05 bits per heavy atom. The Bertz CT molecular complexity index is 474. The number of nitrogens with zero attached hydrogens (tertiary/aromatic N) is 1. The van der Waals surface area contributed by atoms with Gasteiger partial charge in [-0.25, -0.2) is 4.99 Å². The first-order valence-corrected chi connectivity index (χ1v) is 6.60. The van der Waals surface area contributed by atoms with Crippen molar-refractivity contribution < 1.29 is 4.79 Å². The van der Waals surface area contributed by atoms with Gasteiger partial charge in [-0.1, -0.05) is 25.0 Å². The van der Waals surface area contributed by atoms with Crippen LogP contribution in [0.2, 0.25) is 0 Å². The molecule has 5 nitrogen and oxygen atoms in total. The van der Waals surface area contributed by atoms with Crippen LogP contribution in [0.1, 0.15) is 31.2 Å². The first-order valence-electron chi connectivity index (χ1n) is 6.60. The molecule has 0 saturated heterocycles. The van der Waals surface area contributed by atoms with E-state index < -0.39 is 0 Å². The van der Waals surface area contributed by atoms with Crippen molar-refractivity contribution in [3.8, 4) is 0 Å². The highest BCUT2D eigenvalue weighted by Gasteiger charge is 2.22. The zero-order valence-electron chi connectivity index (χ0n) is 10.9. The first kappa shape index (κ1) is 13.4. The fourth-order valence-electron chi connectivity index (χ4n) is 2.36. The van der Waals surface area contributed by atoms with Crippen molar-refractivity contribution in [1.82, 2.24) is 0 Å². The summed E-state index contributed by atoms with van der Waals surface area (Å²) in [5.41, 5.74) is 12.4. The second kappa shape index (κ2) is 6.22. The molecular formula is C14H20N4O. The Morgan fingerprint density at radius 3 is 2.74 bits per heavy atom. The maximum Gasteiger partial charge on any atom is 0.227 e. The van der Waals surface area contributed by atoms with Crippen LogP contribution in [0.5, 0.6) is 0 Å². The smallest absolute Gasteiger partial charge is 0.227 e. The highest BCUT2D eigenvalue weighted by atomic mass is 16.1. The number of benzene rings is 1. The molecule has 0 bridgehead atoms. The minimum atomic E-state index is 0.0698. The number of hydrogen-bond acceptors (Lipinski definition) is 2. The van der Waals surface area contributed by atoms with Crippen LogP contribution >= 0.6 is 0 Å². The SMILES string of the molecule is NC(N)=NCc1cccc(NC(=O)C2CCCC2)c1. The van der Waals surface area contributed by atoms with E-state index in [0.717, 1.165) is 36.9 Å². The van der Waals surface area contributed by atoms with Crippen molar-refractivity contribution in [2.75, 3.05) is 5.32 Å². The van der Waals surface area contributed by atoms with Gasteiger partial charge in [-0.2, -0.15) is 0 Å². The number of carbonyl (C=O) groups excluding carboxylic acids is 1. The van der Waals surface area contributed by atoms with Crippen molar-refractivity contribution >= 4 is 17.6 Å². The van der Waals surface area contributed by atoms with Gasteiger partial charge in [0.1, 0.15) is 0 Å². The van der Waals surface area contributed by atoms with Crippen LogP contribution in [0.15, 0.2) is 29.3 Å². The number of nitrogens with one attached hydrogen (secondary N) is 1. The lowest BCUT2D eigenvalue weighted by molar-refractivity contribution is -0.119. The van der Waals surface area contributed by atoms with E-state index in [1.54, 1.807) is 0 Å². The number of amides is 1. The van der Waals surface area contributed by atoms with Gasteiger partial charge in [0.2, 0.25) is 5.91 Å².